The van der Waals surface area contributed by atoms with Gasteiger partial charge in [0, 0.05) is 19.6 Å². The van der Waals surface area contributed by atoms with Gasteiger partial charge in [0.2, 0.25) is 5.91 Å². The van der Waals surface area contributed by atoms with E-state index in [0.717, 1.165) is 19.4 Å². The van der Waals surface area contributed by atoms with Gasteiger partial charge in [0.1, 0.15) is 0 Å². The third-order valence-corrected chi connectivity index (χ3v) is 5.88. The maximum atomic E-state index is 12.7. The van der Waals surface area contributed by atoms with Crippen molar-refractivity contribution < 1.29 is 4.79 Å². The summed E-state index contributed by atoms with van der Waals surface area (Å²) in [6.45, 7) is 8.43. The molecule has 0 unspecified atom stereocenters. The van der Waals surface area contributed by atoms with Crippen molar-refractivity contribution in [2.45, 2.75) is 65.5 Å². The van der Waals surface area contributed by atoms with Crippen molar-refractivity contribution >= 4 is 30.7 Å². The van der Waals surface area contributed by atoms with Gasteiger partial charge in [0.15, 0.2) is 0 Å². The molecule has 1 amide bonds. The first-order chi connectivity index (χ1) is 12.1. The Morgan fingerprint density at radius 2 is 1.59 bits per heavy atom. The number of benzene rings is 1. The zero-order valence-electron chi connectivity index (χ0n) is 16.8. The van der Waals surface area contributed by atoms with Crippen molar-refractivity contribution in [1.82, 2.24) is 10.2 Å². The molecule has 0 saturated carbocycles. The van der Waals surface area contributed by atoms with Gasteiger partial charge in [-0.1, -0.05) is 51.0 Å². The van der Waals surface area contributed by atoms with Crippen molar-refractivity contribution in [2.24, 2.45) is 11.1 Å². The summed E-state index contributed by atoms with van der Waals surface area (Å²) in [7, 11) is 0. The average Bonchev–Trinajstić information content (AvgIpc) is 2.91. The van der Waals surface area contributed by atoms with Crippen molar-refractivity contribution in [1.29, 1.82) is 0 Å². The molecule has 156 valence electrons. The van der Waals surface area contributed by atoms with Crippen LogP contribution in [0.1, 0.15) is 63.5 Å². The van der Waals surface area contributed by atoms with Crippen LogP contribution in [-0.2, 0) is 17.9 Å². The molecule has 6 heteroatoms. The fourth-order valence-corrected chi connectivity index (χ4v) is 3.73. The molecule has 0 atom stereocenters. The molecule has 1 heterocycles. The Balaban J connectivity index is 0.00000338. The topological polar surface area (TPSA) is 58.4 Å². The molecule has 1 aliphatic heterocycles. The number of carbonyl (C=O) groups excluding carboxylic acids is 1. The molecule has 3 N–H and O–H groups in total. The molecule has 1 aromatic rings. The molecule has 0 spiro atoms. The third kappa shape index (κ3) is 7.26. The largest absolute Gasteiger partial charge is 0.351 e. The normalized spacial score (nSPS) is 15.2. The summed E-state index contributed by atoms with van der Waals surface area (Å²) in [5.74, 6) is 0.0876. The van der Waals surface area contributed by atoms with Crippen LogP contribution in [0.3, 0.4) is 0 Å². The summed E-state index contributed by atoms with van der Waals surface area (Å²) < 4.78 is 0. The van der Waals surface area contributed by atoms with Crippen molar-refractivity contribution in [3.63, 3.8) is 0 Å². The van der Waals surface area contributed by atoms with E-state index in [0.29, 0.717) is 13.1 Å². The maximum absolute atomic E-state index is 12.7. The zero-order chi connectivity index (χ0) is 18.1. The molecule has 1 aliphatic rings. The smallest absolute Gasteiger partial charge is 0.227 e. The van der Waals surface area contributed by atoms with Gasteiger partial charge < -0.3 is 11.1 Å². The van der Waals surface area contributed by atoms with E-state index >= 15 is 0 Å². The first-order valence-electron chi connectivity index (χ1n) is 9.92. The number of hydrogen-bond donors (Lipinski definition) is 2. The molecule has 1 aromatic carbocycles. The summed E-state index contributed by atoms with van der Waals surface area (Å²) in [6, 6.07) is 8.49. The number of rotatable bonds is 8. The Hall–Kier alpha value is -0.810. The standard InChI is InChI=1S/C21H35N3O.2ClH/c1-3-21(4-2,17-22)20(25)23-15-18-11-7-8-12-19(18)16-24-13-9-5-6-10-14-24;;/h7-8,11-12H,3-6,9-10,13-17,22H2,1-2H3,(H,23,25);2*1H. The molecule has 1 saturated heterocycles. The Morgan fingerprint density at radius 3 is 2.11 bits per heavy atom. The summed E-state index contributed by atoms with van der Waals surface area (Å²) in [5, 5.41) is 3.15. The van der Waals surface area contributed by atoms with E-state index in [-0.39, 0.29) is 30.7 Å². The number of amides is 1. The fourth-order valence-electron chi connectivity index (χ4n) is 3.73. The summed E-state index contributed by atoms with van der Waals surface area (Å²) in [5.41, 5.74) is 8.02. The lowest BCUT2D eigenvalue weighted by Gasteiger charge is -2.29. The van der Waals surface area contributed by atoms with E-state index in [1.165, 1.54) is 49.9 Å². The molecule has 0 aromatic heterocycles. The molecule has 0 aliphatic carbocycles. The van der Waals surface area contributed by atoms with Crippen LogP contribution in [0.5, 0.6) is 0 Å². The Morgan fingerprint density at radius 1 is 1.04 bits per heavy atom. The minimum absolute atomic E-state index is 0. The van der Waals surface area contributed by atoms with Crippen molar-refractivity contribution in [2.75, 3.05) is 19.6 Å². The van der Waals surface area contributed by atoms with E-state index in [1.54, 1.807) is 0 Å². The van der Waals surface area contributed by atoms with Crippen LogP contribution in [0, 0.1) is 5.41 Å². The van der Waals surface area contributed by atoms with Gasteiger partial charge in [-0.25, -0.2) is 0 Å². The highest BCUT2D eigenvalue weighted by Crippen LogP contribution is 2.25. The monoisotopic (exact) mass is 417 g/mol. The van der Waals surface area contributed by atoms with Crippen LogP contribution in [-0.4, -0.2) is 30.4 Å². The number of nitrogens with one attached hydrogen (secondary N) is 1. The zero-order valence-corrected chi connectivity index (χ0v) is 18.5. The number of carbonyl (C=O) groups is 1. The van der Waals surface area contributed by atoms with E-state index < -0.39 is 5.41 Å². The predicted octanol–water partition coefficient (Wildman–Crippen LogP) is 4.29. The van der Waals surface area contributed by atoms with Crippen molar-refractivity contribution in [3.8, 4) is 0 Å². The van der Waals surface area contributed by atoms with E-state index in [1.807, 2.05) is 13.8 Å². The van der Waals surface area contributed by atoms with Gasteiger partial charge in [0.25, 0.3) is 0 Å². The molecule has 1 fully saturated rings. The highest BCUT2D eigenvalue weighted by Gasteiger charge is 2.33. The SMILES string of the molecule is CCC(CC)(CN)C(=O)NCc1ccccc1CN1CCCCCC1.Cl.Cl. The predicted molar refractivity (Wildman–Crippen MR) is 119 cm³/mol. The van der Waals surface area contributed by atoms with Gasteiger partial charge in [-0.2, -0.15) is 0 Å². The fraction of sp³-hybridized carbons (Fsp3) is 0.667. The first kappa shape index (κ1) is 26.2. The second-order valence-electron chi connectivity index (χ2n) is 7.33. The van der Waals surface area contributed by atoms with E-state index in [2.05, 4.69) is 34.5 Å². The number of hydrogen-bond acceptors (Lipinski definition) is 3. The van der Waals surface area contributed by atoms with Gasteiger partial charge in [-0.15, -0.1) is 24.8 Å². The lowest BCUT2D eigenvalue weighted by atomic mass is 9.81. The number of halogens is 2. The molecule has 4 nitrogen and oxygen atoms in total. The van der Waals surface area contributed by atoms with Gasteiger partial charge in [0.05, 0.1) is 5.41 Å². The Labute approximate surface area is 177 Å². The number of likely N-dealkylation sites (tertiary alicyclic amines) is 1. The minimum Gasteiger partial charge on any atom is -0.351 e. The van der Waals surface area contributed by atoms with Crippen LogP contribution >= 0.6 is 24.8 Å². The van der Waals surface area contributed by atoms with Gasteiger partial charge in [-0.05, 0) is 49.9 Å². The third-order valence-electron chi connectivity index (χ3n) is 5.88. The maximum Gasteiger partial charge on any atom is 0.227 e. The van der Waals surface area contributed by atoms with E-state index in [4.69, 9.17) is 5.73 Å². The molecule has 0 radical (unpaired) electrons. The lowest BCUT2D eigenvalue weighted by molar-refractivity contribution is -0.131. The Kier molecular flexibility index (Phi) is 13.0. The second-order valence-corrected chi connectivity index (χ2v) is 7.33. The molecule has 27 heavy (non-hydrogen) atoms. The lowest BCUT2D eigenvalue weighted by Crippen LogP contribution is -2.45. The number of nitrogens with zero attached hydrogens (tertiary/aromatic N) is 1. The van der Waals surface area contributed by atoms with E-state index in [9.17, 15) is 4.79 Å². The van der Waals surface area contributed by atoms with Crippen LogP contribution in [0.15, 0.2) is 24.3 Å². The van der Waals surface area contributed by atoms with Crippen LogP contribution < -0.4 is 11.1 Å². The quantitative estimate of drug-likeness (QED) is 0.662. The average molecular weight is 418 g/mol. The molecule has 0 bridgehead atoms. The minimum atomic E-state index is -0.431. The highest BCUT2D eigenvalue weighted by atomic mass is 35.5. The summed E-state index contributed by atoms with van der Waals surface area (Å²) in [6.07, 6.45) is 6.85. The number of nitrogens with two attached hydrogens (primary N) is 1. The van der Waals surface area contributed by atoms with Crippen LogP contribution in [0.2, 0.25) is 0 Å². The highest BCUT2D eigenvalue weighted by molar-refractivity contribution is 5.85. The van der Waals surface area contributed by atoms with Gasteiger partial charge >= 0.3 is 0 Å². The Bertz CT molecular complexity index is 534. The summed E-state index contributed by atoms with van der Waals surface area (Å²) >= 11 is 0. The van der Waals surface area contributed by atoms with Crippen LogP contribution in [0.25, 0.3) is 0 Å². The molecular weight excluding hydrogens is 381 g/mol. The molecule has 2 rings (SSSR count). The van der Waals surface area contributed by atoms with Crippen molar-refractivity contribution in [3.05, 3.63) is 35.4 Å². The summed E-state index contributed by atoms with van der Waals surface area (Å²) in [4.78, 5) is 15.2. The van der Waals surface area contributed by atoms with Crippen LogP contribution in [0.4, 0.5) is 0 Å². The first-order valence-corrected chi connectivity index (χ1v) is 9.92. The van der Waals surface area contributed by atoms with Gasteiger partial charge in [-0.3, -0.25) is 9.69 Å². The molecular formula is C21H37Cl2N3O. The second kappa shape index (κ2) is 13.4.